The van der Waals surface area contributed by atoms with Gasteiger partial charge in [-0.15, -0.1) is 0 Å². The zero-order valence-electron chi connectivity index (χ0n) is 12.0. The van der Waals surface area contributed by atoms with E-state index in [1.54, 1.807) is 11.0 Å². The Morgan fingerprint density at radius 1 is 1.36 bits per heavy atom. The third-order valence-corrected chi connectivity index (χ3v) is 4.34. The van der Waals surface area contributed by atoms with E-state index in [1.165, 1.54) is 12.1 Å². The molecule has 1 saturated heterocycles. The Hall–Kier alpha value is -2.42. The quantitative estimate of drug-likeness (QED) is 0.862. The van der Waals surface area contributed by atoms with Crippen molar-refractivity contribution in [1.82, 2.24) is 4.90 Å². The van der Waals surface area contributed by atoms with Crippen molar-refractivity contribution in [2.45, 2.75) is 25.2 Å². The molecule has 0 spiro atoms. The monoisotopic (exact) mass is 301 g/mol. The van der Waals surface area contributed by atoms with Crippen LogP contribution in [-0.2, 0) is 9.59 Å². The van der Waals surface area contributed by atoms with E-state index in [0.717, 1.165) is 0 Å². The summed E-state index contributed by atoms with van der Waals surface area (Å²) in [5, 5.41) is 11.5. The summed E-state index contributed by atoms with van der Waals surface area (Å²) in [4.78, 5) is 26.2. The first-order chi connectivity index (χ1) is 10.6. The van der Waals surface area contributed by atoms with Gasteiger partial charge in [-0.05, 0) is 30.5 Å². The molecule has 0 aromatic heterocycles. The van der Waals surface area contributed by atoms with Gasteiger partial charge in [0.2, 0.25) is 11.8 Å². The van der Waals surface area contributed by atoms with E-state index >= 15 is 0 Å². The molecule has 114 valence electrons. The van der Waals surface area contributed by atoms with Gasteiger partial charge in [0.25, 0.3) is 0 Å². The van der Waals surface area contributed by atoms with Gasteiger partial charge in [0, 0.05) is 31.1 Å². The van der Waals surface area contributed by atoms with E-state index in [1.807, 2.05) is 0 Å². The SMILES string of the molecule is N#CC1CCN(C(=O)C2CC(=O)Nc3cc(F)ccc32)CC1. The molecule has 1 N–H and O–H groups in total. The molecule has 1 aromatic carbocycles. The predicted octanol–water partition coefficient (Wildman–Crippen LogP) is 2.01. The molecule has 1 atom stereocenters. The van der Waals surface area contributed by atoms with Crippen LogP contribution in [0.1, 0.15) is 30.7 Å². The Kier molecular flexibility index (Phi) is 3.80. The number of benzene rings is 1. The van der Waals surface area contributed by atoms with E-state index < -0.39 is 11.7 Å². The first kappa shape index (κ1) is 14.5. The van der Waals surface area contributed by atoms with Gasteiger partial charge in [0.1, 0.15) is 5.82 Å². The predicted molar refractivity (Wildman–Crippen MR) is 77.3 cm³/mol. The topological polar surface area (TPSA) is 73.2 Å². The van der Waals surface area contributed by atoms with Crippen molar-refractivity contribution in [3.63, 3.8) is 0 Å². The first-order valence-electron chi connectivity index (χ1n) is 7.36. The normalized spacial score (nSPS) is 21.7. The molecule has 0 aliphatic carbocycles. The van der Waals surface area contributed by atoms with Gasteiger partial charge < -0.3 is 10.2 Å². The number of hydrogen-bond donors (Lipinski definition) is 1. The second-order valence-electron chi connectivity index (χ2n) is 5.77. The molecule has 2 heterocycles. The molecule has 6 heteroatoms. The summed E-state index contributed by atoms with van der Waals surface area (Å²) in [6.07, 6.45) is 1.41. The minimum absolute atomic E-state index is 0.0000802. The highest BCUT2D eigenvalue weighted by Crippen LogP contribution is 2.34. The molecule has 0 radical (unpaired) electrons. The molecule has 3 rings (SSSR count). The molecular weight excluding hydrogens is 285 g/mol. The molecule has 0 bridgehead atoms. The van der Waals surface area contributed by atoms with Crippen LogP contribution in [0.2, 0.25) is 0 Å². The summed E-state index contributed by atoms with van der Waals surface area (Å²) < 4.78 is 13.3. The average molecular weight is 301 g/mol. The molecule has 1 fully saturated rings. The van der Waals surface area contributed by atoms with Crippen LogP contribution in [0.3, 0.4) is 0 Å². The second kappa shape index (κ2) is 5.76. The second-order valence-corrected chi connectivity index (χ2v) is 5.77. The van der Waals surface area contributed by atoms with Crippen molar-refractivity contribution in [1.29, 1.82) is 5.26 Å². The fourth-order valence-corrected chi connectivity index (χ4v) is 3.11. The number of carbonyl (C=O) groups is 2. The number of nitrogens with zero attached hydrogens (tertiary/aromatic N) is 2. The fourth-order valence-electron chi connectivity index (χ4n) is 3.11. The highest BCUT2D eigenvalue weighted by molar-refractivity contribution is 6.01. The molecule has 2 aliphatic heterocycles. The van der Waals surface area contributed by atoms with Gasteiger partial charge in [-0.2, -0.15) is 5.26 Å². The Balaban J connectivity index is 1.82. The number of carbonyl (C=O) groups excluding carboxylic acids is 2. The standard InChI is InChI=1S/C16H16FN3O2/c17-11-1-2-12-13(8-15(21)19-14(12)7-11)16(22)20-5-3-10(9-18)4-6-20/h1-2,7,10,13H,3-6,8H2,(H,19,21). The highest BCUT2D eigenvalue weighted by atomic mass is 19.1. The Morgan fingerprint density at radius 3 is 2.77 bits per heavy atom. The van der Waals surface area contributed by atoms with Crippen LogP contribution in [-0.4, -0.2) is 29.8 Å². The van der Waals surface area contributed by atoms with Crippen molar-refractivity contribution in [3.8, 4) is 6.07 Å². The Morgan fingerprint density at radius 2 is 2.09 bits per heavy atom. The number of rotatable bonds is 1. The number of hydrogen-bond acceptors (Lipinski definition) is 3. The number of halogens is 1. The van der Waals surface area contributed by atoms with Gasteiger partial charge in [-0.1, -0.05) is 6.07 Å². The van der Waals surface area contributed by atoms with Crippen molar-refractivity contribution in [3.05, 3.63) is 29.6 Å². The fraction of sp³-hybridized carbons (Fsp3) is 0.438. The van der Waals surface area contributed by atoms with Crippen LogP contribution < -0.4 is 5.32 Å². The number of amides is 2. The summed E-state index contributed by atoms with van der Waals surface area (Å²) in [5.74, 6) is -1.40. The maximum Gasteiger partial charge on any atom is 0.230 e. The van der Waals surface area contributed by atoms with Crippen molar-refractivity contribution < 1.29 is 14.0 Å². The lowest BCUT2D eigenvalue weighted by Gasteiger charge is -2.34. The largest absolute Gasteiger partial charge is 0.342 e. The third kappa shape index (κ3) is 2.67. The smallest absolute Gasteiger partial charge is 0.230 e. The summed E-state index contributed by atoms with van der Waals surface area (Å²) in [6, 6.07) is 6.34. The summed E-state index contributed by atoms with van der Waals surface area (Å²) in [6.45, 7) is 1.07. The molecule has 2 aliphatic rings. The number of nitriles is 1. The number of piperidine rings is 1. The summed E-state index contributed by atoms with van der Waals surface area (Å²) >= 11 is 0. The maximum atomic E-state index is 13.3. The van der Waals surface area contributed by atoms with Gasteiger partial charge in [0.05, 0.1) is 12.0 Å². The average Bonchev–Trinajstić information content (AvgIpc) is 2.53. The van der Waals surface area contributed by atoms with Crippen LogP contribution in [0, 0.1) is 23.1 Å². The van der Waals surface area contributed by atoms with E-state index in [4.69, 9.17) is 5.26 Å². The van der Waals surface area contributed by atoms with Crippen molar-refractivity contribution >= 4 is 17.5 Å². The molecule has 1 aromatic rings. The zero-order valence-corrected chi connectivity index (χ0v) is 12.0. The Bertz CT molecular complexity index is 660. The molecular formula is C16H16FN3O2. The molecule has 1 unspecified atom stereocenters. The van der Waals surface area contributed by atoms with Crippen LogP contribution in [0.15, 0.2) is 18.2 Å². The van der Waals surface area contributed by atoms with E-state index in [2.05, 4.69) is 11.4 Å². The first-order valence-corrected chi connectivity index (χ1v) is 7.36. The molecule has 22 heavy (non-hydrogen) atoms. The van der Waals surface area contributed by atoms with Crippen molar-refractivity contribution in [2.75, 3.05) is 18.4 Å². The van der Waals surface area contributed by atoms with Crippen LogP contribution >= 0.6 is 0 Å². The summed E-state index contributed by atoms with van der Waals surface area (Å²) in [5.41, 5.74) is 1.04. The van der Waals surface area contributed by atoms with Gasteiger partial charge >= 0.3 is 0 Å². The maximum absolute atomic E-state index is 13.3. The molecule has 2 amide bonds. The number of nitrogens with one attached hydrogen (secondary N) is 1. The van der Waals surface area contributed by atoms with Gasteiger partial charge in [0.15, 0.2) is 0 Å². The lowest BCUT2D eigenvalue weighted by atomic mass is 9.88. The zero-order chi connectivity index (χ0) is 15.7. The summed E-state index contributed by atoms with van der Waals surface area (Å²) in [7, 11) is 0. The molecule has 0 saturated carbocycles. The van der Waals surface area contributed by atoms with Gasteiger partial charge in [-0.25, -0.2) is 4.39 Å². The van der Waals surface area contributed by atoms with Crippen LogP contribution in [0.25, 0.3) is 0 Å². The Labute approximate surface area is 127 Å². The van der Waals surface area contributed by atoms with E-state index in [0.29, 0.717) is 37.2 Å². The van der Waals surface area contributed by atoms with Crippen LogP contribution in [0.5, 0.6) is 0 Å². The van der Waals surface area contributed by atoms with Crippen LogP contribution in [0.4, 0.5) is 10.1 Å². The minimum atomic E-state index is -0.567. The molecule has 5 nitrogen and oxygen atoms in total. The van der Waals surface area contributed by atoms with Gasteiger partial charge in [-0.3, -0.25) is 9.59 Å². The highest BCUT2D eigenvalue weighted by Gasteiger charge is 2.35. The minimum Gasteiger partial charge on any atom is -0.342 e. The third-order valence-electron chi connectivity index (χ3n) is 4.34. The van der Waals surface area contributed by atoms with E-state index in [9.17, 15) is 14.0 Å². The lowest BCUT2D eigenvalue weighted by molar-refractivity contribution is -0.136. The van der Waals surface area contributed by atoms with E-state index in [-0.39, 0.29) is 24.2 Å². The number of anilines is 1. The number of likely N-dealkylation sites (tertiary alicyclic amines) is 1. The number of fused-ring (bicyclic) bond motifs is 1. The lowest BCUT2D eigenvalue weighted by Crippen LogP contribution is -2.42. The van der Waals surface area contributed by atoms with Crippen molar-refractivity contribution in [2.24, 2.45) is 5.92 Å².